The molecule has 140 valence electrons. The Morgan fingerprint density at radius 2 is 1.52 bits per heavy atom. The van der Waals surface area contributed by atoms with Crippen molar-refractivity contribution in [3.63, 3.8) is 0 Å². The largest absolute Gasteiger partial charge is 0.465 e. The summed E-state index contributed by atoms with van der Waals surface area (Å²) in [6.07, 6.45) is 0.905. The van der Waals surface area contributed by atoms with Crippen molar-refractivity contribution in [3.05, 3.63) is 0 Å². The van der Waals surface area contributed by atoms with Crippen LogP contribution >= 0.6 is 0 Å². The van der Waals surface area contributed by atoms with Gasteiger partial charge >= 0.3 is 5.97 Å². The van der Waals surface area contributed by atoms with Crippen LogP contribution in [0.15, 0.2) is 0 Å². The number of hydrogen-bond acceptors (Lipinski definition) is 3. The van der Waals surface area contributed by atoms with Gasteiger partial charge in [0.1, 0.15) is 0 Å². The molecule has 0 rings (SSSR count). The quantitative estimate of drug-likeness (QED) is 0.275. The lowest BCUT2D eigenvalue weighted by Gasteiger charge is -2.38. The highest BCUT2D eigenvalue weighted by Crippen LogP contribution is 2.38. The summed E-state index contributed by atoms with van der Waals surface area (Å²) in [6, 6.07) is 1.06. The molecule has 0 aromatic carbocycles. The van der Waals surface area contributed by atoms with E-state index in [9.17, 15) is 4.79 Å². The van der Waals surface area contributed by atoms with Gasteiger partial charge in [-0.1, -0.05) is 49.0 Å². The molecular formula is C19H42O3Si. The highest BCUT2D eigenvalue weighted by Gasteiger charge is 2.41. The zero-order valence-corrected chi connectivity index (χ0v) is 17.3. The Hall–Kier alpha value is -0.353. The van der Waals surface area contributed by atoms with Crippen LogP contribution in [0.4, 0.5) is 0 Å². The SMILES string of the molecule is C.CCO[Si](CCCOC(=O)C(C)(C)C(C)C)(C(C)C)C(C)C. The van der Waals surface area contributed by atoms with Crippen LogP contribution in [0.2, 0.25) is 17.1 Å². The van der Waals surface area contributed by atoms with Crippen molar-refractivity contribution in [3.8, 4) is 0 Å². The van der Waals surface area contributed by atoms with Crippen molar-refractivity contribution in [2.24, 2.45) is 11.3 Å². The summed E-state index contributed by atoms with van der Waals surface area (Å²) in [6.45, 7) is 20.5. The Balaban J connectivity index is 0. The summed E-state index contributed by atoms with van der Waals surface area (Å²) in [5.74, 6) is 0.198. The molecule has 0 spiro atoms. The number of ether oxygens (including phenoxy) is 1. The van der Waals surface area contributed by atoms with Gasteiger partial charge in [-0.25, -0.2) is 0 Å². The van der Waals surface area contributed by atoms with Gasteiger partial charge in [-0.05, 0) is 50.2 Å². The average Bonchev–Trinajstić information content (AvgIpc) is 2.40. The van der Waals surface area contributed by atoms with Crippen LogP contribution in [0.25, 0.3) is 0 Å². The molecule has 0 aromatic heterocycles. The Labute approximate surface area is 146 Å². The third kappa shape index (κ3) is 6.58. The Kier molecular flexibility index (Phi) is 11.4. The van der Waals surface area contributed by atoms with Crippen LogP contribution < -0.4 is 0 Å². The molecule has 23 heavy (non-hydrogen) atoms. The zero-order chi connectivity index (χ0) is 17.6. The minimum absolute atomic E-state index is 0. The number of esters is 1. The maximum absolute atomic E-state index is 12.2. The predicted octanol–water partition coefficient (Wildman–Crippen LogP) is 6.04. The molecule has 0 saturated heterocycles. The summed E-state index contributed by atoms with van der Waals surface area (Å²) in [4.78, 5) is 12.2. The summed E-state index contributed by atoms with van der Waals surface area (Å²) < 4.78 is 11.8. The van der Waals surface area contributed by atoms with E-state index in [4.69, 9.17) is 9.16 Å². The highest BCUT2D eigenvalue weighted by molar-refractivity contribution is 6.76. The van der Waals surface area contributed by atoms with Crippen molar-refractivity contribution in [1.82, 2.24) is 0 Å². The second-order valence-corrected chi connectivity index (χ2v) is 12.8. The lowest BCUT2D eigenvalue weighted by Crippen LogP contribution is -2.45. The zero-order valence-electron chi connectivity index (χ0n) is 16.3. The Morgan fingerprint density at radius 1 is 1.04 bits per heavy atom. The second-order valence-electron chi connectivity index (χ2n) is 7.81. The molecule has 0 saturated carbocycles. The van der Waals surface area contributed by atoms with Crippen molar-refractivity contribution in [2.75, 3.05) is 13.2 Å². The van der Waals surface area contributed by atoms with E-state index < -0.39 is 13.7 Å². The summed E-state index contributed by atoms with van der Waals surface area (Å²) >= 11 is 0. The molecule has 0 aliphatic rings. The van der Waals surface area contributed by atoms with E-state index in [0.29, 0.717) is 17.7 Å². The second kappa shape index (κ2) is 10.5. The number of hydrogen-bond donors (Lipinski definition) is 0. The van der Waals surface area contributed by atoms with Gasteiger partial charge in [-0.3, -0.25) is 4.79 Å². The van der Waals surface area contributed by atoms with Gasteiger partial charge < -0.3 is 9.16 Å². The molecule has 0 aromatic rings. The van der Waals surface area contributed by atoms with E-state index in [1.807, 2.05) is 13.8 Å². The maximum Gasteiger partial charge on any atom is 0.311 e. The first-order valence-corrected chi connectivity index (χ1v) is 11.1. The third-order valence-corrected chi connectivity index (χ3v) is 11.2. The predicted molar refractivity (Wildman–Crippen MR) is 103 cm³/mol. The topological polar surface area (TPSA) is 35.5 Å². The van der Waals surface area contributed by atoms with Gasteiger partial charge in [0, 0.05) is 6.61 Å². The first-order valence-electron chi connectivity index (χ1n) is 8.83. The van der Waals surface area contributed by atoms with Crippen molar-refractivity contribution in [1.29, 1.82) is 0 Å². The minimum atomic E-state index is -1.78. The van der Waals surface area contributed by atoms with Gasteiger partial charge in [0.05, 0.1) is 12.0 Å². The third-order valence-electron chi connectivity index (χ3n) is 5.28. The van der Waals surface area contributed by atoms with Gasteiger partial charge in [0.2, 0.25) is 0 Å². The number of rotatable bonds is 10. The molecule has 0 fully saturated rings. The average molecular weight is 347 g/mol. The summed E-state index contributed by atoms with van der Waals surface area (Å²) in [5, 5.41) is 0. The first-order chi connectivity index (χ1) is 10.0. The monoisotopic (exact) mass is 346 g/mol. The van der Waals surface area contributed by atoms with Crippen LogP contribution in [-0.4, -0.2) is 27.5 Å². The smallest absolute Gasteiger partial charge is 0.311 e. The van der Waals surface area contributed by atoms with E-state index in [-0.39, 0.29) is 19.3 Å². The molecule has 0 N–H and O–H groups in total. The lowest BCUT2D eigenvalue weighted by atomic mass is 9.81. The fourth-order valence-corrected chi connectivity index (χ4v) is 7.39. The van der Waals surface area contributed by atoms with Crippen LogP contribution in [0.5, 0.6) is 0 Å². The van der Waals surface area contributed by atoms with Gasteiger partial charge in [-0.15, -0.1) is 0 Å². The molecular weight excluding hydrogens is 304 g/mol. The van der Waals surface area contributed by atoms with Gasteiger partial charge in [0.25, 0.3) is 0 Å². The van der Waals surface area contributed by atoms with E-state index in [1.165, 1.54) is 0 Å². The molecule has 3 nitrogen and oxygen atoms in total. The van der Waals surface area contributed by atoms with Crippen LogP contribution in [0.3, 0.4) is 0 Å². The number of carbonyl (C=O) groups is 1. The lowest BCUT2D eigenvalue weighted by molar-refractivity contribution is -0.156. The molecule has 0 heterocycles. The Bertz CT molecular complexity index is 328. The standard InChI is InChI=1S/C18H38O3Si.CH4/c1-10-21-22(15(4)5,16(6)7)13-11-12-20-17(19)18(8,9)14(2)3;/h14-16H,10-13H2,1-9H3;1H4. The van der Waals surface area contributed by atoms with Crippen molar-refractivity contribution in [2.45, 2.75) is 93.3 Å². The molecule has 0 bridgehead atoms. The summed E-state index contributed by atoms with van der Waals surface area (Å²) in [7, 11) is -1.78. The van der Waals surface area contributed by atoms with E-state index >= 15 is 0 Å². The maximum atomic E-state index is 12.2. The van der Waals surface area contributed by atoms with E-state index in [2.05, 4.69) is 48.5 Å². The van der Waals surface area contributed by atoms with Crippen molar-refractivity contribution >= 4 is 14.3 Å². The molecule has 0 radical (unpaired) electrons. The van der Waals surface area contributed by atoms with Crippen LogP contribution in [0, 0.1) is 11.3 Å². The molecule has 0 unspecified atom stereocenters. The molecule has 0 aliphatic heterocycles. The molecule has 4 heteroatoms. The van der Waals surface area contributed by atoms with Gasteiger partial charge in [-0.2, -0.15) is 0 Å². The van der Waals surface area contributed by atoms with Crippen molar-refractivity contribution < 1.29 is 14.0 Å². The molecule has 0 amide bonds. The van der Waals surface area contributed by atoms with E-state index in [0.717, 1.165) is 19.1 Å². The fourth-order valence-electron chi connectivity index (χ4n) is 2.85. The van der Waals surface area contributed by atoms with Crippen LogP contribution in [0.1, 0.15) is 76.2 Å². The number of carbonyl (C=O) groups excluding carboxylic acids is 1. The fraction of sp³-hybridized carbons (Fsp3) is 0.947. The van der Waals surface area contributed by atoms with Crippen LogP contribution in [-0.2, 0) is 14.0 Å². The molecule has 0 atom stereocenters. The van der Waals surface area contributed by atoms with Gasteiger partial charge in [0.15, 0.2) is 8.32 Å². The normalized spacial score (nSPS) is 12.7. The molecule has 0 aliphatic carbocycles. The first kappa shape index (κ1) is 24.9. The highest BCUT2D eigenvalue weighted by atomic mass is 28.4. The minimum Gasteiger partial charge on any atom is -0.465 e. The summed E-state index contributed by atoms with van der Waals surface area (Å²) in [5.41, 5.74) is 0.746. The van der Waals surface area contributed by atoms with E-state index in [1.54, 1.807) is 0 Å². The Morgan fingerprint density at radius 3 is 1.87 bits per heavy atom.